The van der Waals surface area contributed by atoms with Gasteiger partial charge in [0.2, 0.25) is 0 Å². The van der Waals surface area contributed by atoms with Crippen LogP contribution in [0.25, 0.3) is 0 Å². The number of rotatable bonds is 7. The van der Waals surface area contributed by atoms with E-state index in [0.717, 1.165) is 77.4 Å². The molecule has 156 valence electrons. The maximum Gasteiger partial charge on any atom is 0.119 e. The first-order chi connectivity index (χ1) is 13.7. The molecular formula is C22H34N2O4. The van der Waals surface area contributed by atoms with Gasteiger partial charge in [-0.2, -0.15) is 0 Å². The summed E-state index contributed by atoms with van der Waals surface area (Å²) in [6.45, 7) is 7.23. The minimum atomic E-state index is -0.198. The number of ether oxygens (including phenoxy) is 3. The summed E-state index contributed by atoms with van der Waals surface area (Å²) in [6, 6.07) is 8.78. The lowest BCUT2D eigenvalue weighted by Gasteiger charge is -2.42. The molecule has 6 heteroatoms. The van der Waals surface area contributed by atoms with E-state index in [1.54, 1.807) is 0 Å². The Bertz CT molecular complexity index is 619. The maximum absolute atomic E-state index is 10.2. The molecular weight excluding hydrogens is 356 g/mol. The van der Waals surface area contributed by atoms with Crippen LogP contribution in [0.1, 0.15) is 31.2 Å². The SMILES string of the molecule is CO[C@@]12CC[C@@H](O)C[C@@H]1N(Cc1ccc(OCCN3CCOCC3)cc1)CC2. The molecule has 1 aliphatic carbocycles. The molecule has 3 fully saturated rings. The molecule has 0 unspecified atom stereocenters. The topological polar surface area (TPSA) is 54.4 Å². The van der Waals surface area contributed by atoms with Crippen LogP contribution in [0.2, 0.25) is 0 Å². The molecule has 1 saturated carbocycles. The van der Waals surface area contributed by atoms with Crippen molar-refractivity contribution in [2.75, 3.05) is 53.1 Å². The van der Waals surface area contributed by atoms with Gasteiger partial charge in [0.1, 0.15) is 12.4 Å². The highest BCUT2D eigenvalue weighted by molar-refractivity contribution is 5.27. The van der Waals surface area contributed by atoms with Crippen LogP contribution >= 0.6 is 0 Å². The maximum atomic E-state index is 10.2. The van der Waals surface area contributed by atoms with Gasteiger partial charge in [-0.15, -0.1) is 0 Å². The molecule has 3 aliphatic rings. The molecule has 2 saturated heterocycles. The number of hydrogen-bond acceptors (Lipinski definition) is 6. The normalized spacial score (nSPS) is 31.6. The van der Waals surface area contributed by atoms with Crippen LogP contribution in [-0.2, 0) is 16.0 Å². The lowest BCUT2D eigenvalue weighted by molar-refractivity contribution is -0.0879. The molecule has 28 heavy (non-hydrogen) atoms. The smallest absolute Gasteiger partial charge is 0.119 e. The van der Waals surface area contributed by atoms with Crippen molar-refractivity contribution >= 4 is 0 Å². The van der Waals surface area contributed by atoms with Crippen LogP contribution in [0, 0.1) is 0 Å². The van der Waals surface area contributed by atoms with E-state index in [1.165, 1.54) is 5.56 Å². The minimum absolute atomic E-state index is 0.0677. The minimum Gasteiger partial charge on any atom is -0.492 e. The number of fused-ring (bicyclic) bond motifs is 1. The van der Waals surface area contributed by atoms with Crippen molar-refractivity contribution in [1.82, 2.24) is 9.80 Å². The van der Waals surface area contributed by atoms with Gasteiger partial charge in [0.15, 0.2) is 0 Å². The van der Waals surface area contributed by atoms with E-state index < -0.39 is 0 Å². The summed E-state index contributed by atoms with van der Waals surface area (Å²) in [5.74, 6) is 0.928. The lowest BCUT2D eigenvalue weighted by Crippen LogP contribution is -2.51. The third-order valence-electron chi connectivity index (χ3n) is 6.76. The van der Waals surface area contributed by atoms with Crippen molar-refractivity contribution in [3.05, 3.63) is 29.8 Å². The van der Waals surface area contributed by atoms with Crippen LogP contribution in [0.4, 0.5) is 0 Å². The van der Waals surface area contributed by atoms with E-state index in [9.17, 15) is 5.11 Å². The van der Waals surface area contributed by atoms with Gasteiger partial charge in [0.05, 0.1) is 24.9 Å². The number of benzene rings is 1. The van der Waals surface area contributed by atoms with Crippen molar-refractivity contribution in [1.29, 1.82) is 0 Å². The summed E-state index contributed by atoms with van der Waals surface area (Å²) in [7, 11) is 1.83. The zero-order valence-corrected chi connectivity index (χ0v) is 17.0. The summed E-state index contributed by atoms with van der Waals surface area (Å²) in [6.07, 6.45) is 3.49. The second kappa shape index (κ2) is 9.09. The van der Waals surface area contributed by atoms with Gasteiger partial charge in [0, 0.05) is 45.9 Å². The molecule has 2 aliphatic heterocycles. The Kier molecular flexibility index (Phi) is 6.53. The summed E-state index contributed by atoms with van der Waals surface area (Å²) < 4.78 is 17.2. The fourth-order valence-corrected chi connectivity index (χ4v) is 5.00. The molecule has 1 N–H and O–H groups in total. The number of hydrogen-bond donors (Lipinski definition) is 1. The monoisotopic (exact) mass is 390 g/mol. The van der Waals surface area contributed by atoms with Gasteiger partial charge in [-0.25, -0.2) is 0 Å². The fourth-order valence-electron chi connectivity index (χ4n) is 5.00. The number of morpholine rings is 1. The highest BCUT2D eigenvalue weighted by Crippen LogP contribution is 2.42. The van der Waals surface area contributed by atoms with Gasteiger partial charge in [-0.1, -0.05) is 12.1 Å². The standard InChI is InChI=1S/C22H34N2O4/c1-26-22-7-6-19(25)16-21(22)24(9-8-22)17-18-2-4-20(5-3-18)28-15-12-23-10-13-27-14-11-23/h2-5,19,21,25H,6-17H2,1H3/t19-,21+,22-/m1/s1. The van der Waals surface area contributed by atoms with E-state index in [4.69, 9.17) is 14.2 Å². The number of nitrogens with zero attached hydrogens (tertiary/aromatic N) is 2. The highest BCUT2D eigenvalue weighted by atomic mass is 16.5. The van der Waals surface area contributed by atoms with E-state index in [2.05, 4.69) is 34.1 Å². The summed E-state index contributed by atoms with van der Waals surface area (Å²) >= 11 is 0. The summed E-state index contributed by atoms with van der Waals surface area (Å²) in [5, 5.41) is 10.2. The third-order valence-corrected chi connectivity index (χ3v) is 6.76. The molecule has 3 atom stereocenters. The Labute approximate surface area is 168 Å². The van der Waals surface area contributed by atoms with E-state index in [0.29, 0.717) is 12.6 Å². The zero-order valence-electron chi connectivity index (χ0n) is 17.0. The molecule has 0 spiro atoms. The average molecular weight is 391 g/mol. The quantitative estimate of drug-likeness (QED) is 0.768. The largest absolute Gasteiger partial charge is 0.492 e. The first-order valence-electron chi connectivity index (χ1n) is 10.7. The predicted molar refractivity (Wildman–Crippen MR) is 108 cm³/mol. The van der Waals surface area contributed by atoms with Gasteiger partial charge in [-0.05, 0) is 43.4 Å². The number of likely N-dealkylation sites (tertiary alicyclic amines) is 1. The Morgan fingerprint density at radius 2 is 1.93 bits per heavy atom. The van der Waals surface area contributed by atoms with E-state index >= 15 is 0 Å². The summed E-state index contributed by atoms with van der Waals surface area (Å²) in [4.78, 5) is 4.87. The van der Waals surface area contributed by atoms with Gasteiger partial charge in [-0.3, -0.25) is 9.80 Å². The second-order valence-corrected chi connectivity index (χ2v) is 8.38. The Balaban J connectivity index is 1.28. The van der Waals surface area contributed by atoms with Crippen LogP contribution in [0.15, 0.2) is 24.3 Å². The van der Waals surface area contributed by atoms with Gasteiger partial charge >= 0.3 is 0 Å². The number of methoxy groups -OCH3 is 1. The van der Waals surface area contributed by atoms with E-state index in [-0.39, 0.29) is 11.7 Å². The fraction of sp³-hybridized carbons (Fsp3) is 0.727. The van der Waals surface area contributed by atoms with Crippen LogP contribution in [0.3, 0.4) is 0 Å². The molecule has 1 aromatic rings. The molecule has 1 aromatic carbocycles. The Hall–Kier alpha value is -1.18. The van der Waals surface area contributed by atoms with Crippen LogP contribution in [0.5, 0.6) is 5.75 Å². The Morgan fingerprint density at radius 3 is 2.68 bits per heavy atom. The molecule has 0 amide bonds. The van der Waals surface area contributed by atoms with Gasteiger partial charge in [0.25, 0.3) is 0 Å². The second-order valence-electron chi connectivity index (χ2n) is 8.38. The average Bonchev–Trinajstić information content (AvgIpc) is 3.08. The molecule has 0 bridgehead atoms. The molecule has 4 rings (SSSR count). The van der Waals surface area contributed by atoms with E-state index in [1.807, 2.05) is 7.11 Å². The molecule has 6 nitrogen and oxygen atoms in total. The lowest BCUT2D eigenvalue weighted by atomic mass is 9.79. The Morgan fingerprint density at radius 1 is 1.14 bits per heavy atom. The highest BCUT2D eigenvalue weighted by Gasteiger charge is 2.50. The van der Waals surface area contributed by atoms with Crippen molar-refractivity contribution < 1.29 is 19.3 Å². The third kappa shape index (κ3) is 4.52. The first-order valence-corrected chi connectivity index (χ1v) is 10.7. The van der Waals surface area contributed by atoms with Crippen molar-refractivity contribution in [2.45, 2.75) is 50.0 Å². The molecule has 0 aromatic heterocycles. The van der Waals surface area contributed by atoms with Gasteiger partial charge < -0.3 is 19.3 Å². The van der Waals surface area contributed by atoms with Crippen molar-refractivity contribution in [2.24, 2.45) is 0 Å². The van der Waals surface area contributed by atoms with Crippen molar-refractivity contribution in [3.63, 3.8) is 0 Å². The first kappa shape index (κ1) is 20.1. The van der Waals surface area contributed by atoms with Crippen LogP contribution < -0.4 is 4.74 Å². The zero-order chi connectivity index (χ0) is 19.4. The number of aliphatic hydroxyl groups excluding tert-OH is 1. The molecule has 2 heterocycles. The van der Waals surface area contributed by atoms with Crippen molar-refractivity contribution in [3.8, 4) is 5.75 Å². The van der Waals surface area contributed by atoms with Crippen LogP contribution in [-0.4, -0.2) is 85.8 Å². The number of aliphatic hydroxyl groups is 1. The molecule has 0 radical (unpaired) electrons. The summed E-state index contributed by atoms with van der Waals surface area (Å²) in [5.41, 5.74) is 1.22. The predicted octanol–water partition coefficient (Wildman–Crippen LogP) is 1.90.